The molecule has 0 N–H and O–H groups in total. The van der Waals surface area contributed by atoms with Crippen LogP contribution in [0.25, 0.3) is 110 Å². The maximum absolute atomic E-state index is 6.52. The fourth-order valence-corrected chi connectivity index (χ4v) is 8.60. The summed E-state index contributed by atoms with van der Waals surface area (Å²) in [6.45, 7) is 0. The highest BCUT2D eigenvalue weighted by Gasteiger charge is 2.18. The quantitative estimate of drug-likeness (QED) is 0.178. The number of benzene rings is 8. The van der Waals surface area contributed by atoms with Crippen molar-refractivity contribution in [3.8, 4) is 56.7 Å². The van der Waals surface area contributed by atoms with E-state index in [-0.39, 0.29) is 0 Å². The first-order valence-corrected chi connectivity index (χ1v) is 18.7. The number of hydrogen-bond donors (Lipinski definition) is 0. The van der Waals surface area contributed by atoms with E-state index >= 15 is 0 Å². The van der Waals surface area contributed by atoms with Gasteiger partial charge in [-0.2, -0.15) is 0 Å². The van der Waals surface area contributed by atoms with E-state index in [4.69, 9.17) is 24.4 Å². The number of aromatic nitrogens is 4. The lowest BCUT2D eigenvalue weighted by Gasteiger charge is -2.10. The molecule has 0 saturated carbocycles. The predicted molar refractivity (Wildman–Crippen MR) is 222 cm³/mol. The molecule has 252 valence electrons. The normalized spacial score (nSPS) is 11.7. The summed E-state index contributed by atoms with van der Waals surface area (Å²) in [6.07, 6.45) is 0. The van der Waals surface area contributed by atoms with E-state index in [0.29, 0.717) is 23.4 Å². The van der Waals surface area contributed by atoms with Gasteiger partial charge in [-0.25, -0.2) is 19.9 Å². The van der Waals surface area contributed by atoms with Crippen molar-refractivity contribution in [2.24, 2.45) is 0 Å². The van der Waals surface area contributed by atoms with Crippen LogP contribution in [0.5, 0.6) is 0 Å². The van der Waals surface area contributed by atoms with E-state index in [2.05, 4.69) is 97.1 Å². The molecule has 11 rings (SSSR count). The molecule has 0 fully saturated rings. The molecule has 0 saturated heterocycles. The molecule has 0 aliphatic rings. The summed E-state index contributed by atoms with van der Waals surface area (Å²) in [5.41, 5.74) is 7.82. The molecule has 6 heteroatoms. The van der Waals surface area contributed by atoms with E-state index in [1.807, 2.05) is 72.8 Å². The molecule has 5 nitrogen and oxygen atoms in total. The van der Waals surface area contributed by atoms with Gasteiger partial charge in [-0.15, -0.1) is 11.3 Å². The zero-order chi connectivity index (χ0) is 35.6. The summed E-state index contributed by atoms with van der Waals surface area (Å²) >= 11 is 1.77. The molecule has 54 heavy (non-hydrogen) atoms. The standard InChI is InChI=1S/C48H28N4OS/c1-4-10-29(11-5-1)33-16-17-35-27-36(19-18-34(35)26-33)46-50-45(31-12-6-2-7-13-31)51-47(52-46)37-20-23-38-41(28-37)54-40-25-22-30-21-24-39-44(42(30)43(38)40)53-48(49-39)32-14-8-3-9-15-32/h1-28H. The molecule has 0 amide bonds. The van der Waals surface area contributed by atoms with Gasteiger partial charge in [0, 0.05) is 47.8 Å². The number of nitrogens with zero attached hydrogens (tertiary/aromatic N) is 4. The monoisotopic (exact) mass is 708 g/mol. The van der Waals surface area contributed by atoms with Gasteiger partial charge >= 0.3 is 0 Å². The van der Waals surface area contributed by atoms with Crippen LogP contribution in [-0.4, -0.2) is 19.9 Å². The van der Waals surface area contributed by atoms with Crippen molar-refractivity contribution in [3.05, 3.63) is 170 Å². The second kappa shape index (κ2) is 12.3. The summed E-state index contributed by atoms with van der Waals surface area (Å²) in [6, 6.07) is 58.8. The summed E-state index contributed by atoms with van der Waals surface area (Å²) in [4.78, 5) is 20.1. The van der Waals surface area contributed by atoms with Crippen LogP contribution in [0.15, 0.2) is 174 Å². The second-order valence-electron chi connectivity index (χ2n) is 13.5. The molecule has 0 aliphatic heterocycles. The predicted octanol–water partition coefficient (Wildman–Crippen LogP) is 13.0. The van der Waals surface area contributed by atoms with Crippen molar-refractivity contribution in [2.75, 3.05) is 0 Å². The van der Waals surface area contributed by atoms with Gasteiger partial charge in [0.25, 0.3) is 0 Å². The average molecular weight is 709 g/mol. The van der Waals surface area contributed by atoms with Crippen LogP contribution in [-0.2, 0) is 0 Å². The highest BCUT2D eigenvalue weighted by atomic mass is 32.1. The van der Waals surface area contributed by atoms with Crippen molar-refractivity contribution < 1.29 is 4.42 Å². The van der Waals surface area contributed by atoms with Gasteiger partial charge in [0.15, 0.2) is 23.1 Å². The van der Waals surface area contributed by atoms with Crippen LogP contribution in [0.3, 0.4) is 0 Å². The van der Waals surface area contributed by atoms with Crippen molar-refractivity contribution >= 4 is 64.2 Å². The molecular formula is C48H28N4OS. The van der Waals surface area contributed by atoms with Gasteiger partial charge < -0.3 is 4.42 Å². The van der Waals surface area contributed by atoms with Crippen LogP contribution in [0.2, 0.25) is 0 Å². The minimum absolute atomic E-state index is 0.625. The highest BCUT2D eigenvalue weighted by Crippen LogP contribution is 2.43. The first-order valence-electron chi connectivity index (χ1n) is 17.9. The van der Waals surface area contributed by atoms with E-state index in [1.165, 1.54) is 26.6 Å². The molecule has 0 bridgehead atoms. The fourth-order valence-electron chi connectivity index (χ4n) is 7.45. The zero-order valence-corrected chi connectivity index (χ0v) is 29.6. The van der Waals surface area contributed by atoms with E-state index in [9.17, 15) is 0 Å². The maximum atomic E-state index is 6.52. The first-order chi connectivity index (χ1) is 26.7. The number of fused-ring (bicyclic) bond motifs is 8. The maximum Gasteiger partial charge on any atom is 0.227 e. The van der Waals surface area contributed by atoms with Crippen molar-refractivity contribution in [1.29, 1.82) is 0 Å². The van der Waals surface area contributed by atoms with E-state index in [1.54, 1.807) is 11.3 Å². The lowest BCUT2D eigenvalue weighted by molar-refractivity contribution is 0.623. The Labute approximate surface area is 313 Å². The van der Waals surface area contributed by atoms with E-state index < -0.39 is 0 Å². The lowest BCUT2D eigenvalue weighted by Crippen LogP contribution is -2.00. The van der Waals surface area contributed by atoms with Crippen molar-refractivity contribution in [2.45, 2.75) is 0 Å². The third kappa shape index (κ3) is 5.15. The molecule has 0 spiro atoms. The van der Waals surface area contributed by atoms with Gasteiger partial charge in [0.05, 0.1) is 0 Å². The Hall–Kier alpha value is -7.02. The largest absolute Gasteiger partial charge is 0.435 e. The third-order valence-corrected chi connectivity index (χ3v) is 11.2. The van der Waals surface area contributed by atoms with Crippen molar-refractivity contribution in [1.82, 2.24) is 19.9 Å². The Bertz CT molecular complexity index is 3210. The number of oxazole rings is 1. The van der Waals surface area contributed by atoms with Crippen LogP contribution in [0.4, 0.5) is 0 Å². The zero-order valence-electron chi connectivity index (χ0n) is 28.8. The number of rotatable bonds is 5. The van der Waals surface area contributed by atoms with E-state index in [0.717, 1.165) is 59.6 Å². The molecule has 3 aromatic heterocycles. The third-order valence-electron chi connectivity index (χ3n) is 10.1. The van der Waals surface area contributed by atoms with Crippen LogP contribution >= 0.6 is 11.3 Å². The molecule has 11 aromatic rings. The fraction of sp³-hybridized carbons (Fsp3) is 0. The number of hydrogen-bond acceptors (Lipinski definition) is 6. The average Bonchev–Trinajstić information content (AvgIpc) is 3.86. The Kier molecular flexibility index (Phi) is 6.97. The summed E-state index contributed by atoms with van der Waals surface area (Å²) in [5, 5.41) is 6.84. The summed E-state index contributed by atoms with van der Waals surface area (Å²) < 4.78 is 8.86. The SMILES string of the molecule is c1ccc(-c2ccc3cc(-c4nc(-c5ccccc5)nc(-c5ccc6c(c5)sc5ccc7ccc8nc(-c9ccccc9)oc8c7c56)n4)ccc3c2)cc1. The first kappa shape index (κ1) is 30.6. The Balaban J connectivity index is 1.05. The van der Waals surface area contributed by atoms with Crippen LogP contribution in [0, 0.1) is 0 Å². The minimum Gasteiger partial charge on any atom is -0.435 e. The van der Waals surface area contributed by atoms with Crippen molar-refractivity contribution in [3.63, 3.8) is 0 Å². The molecule has 3 heterocycles. The van der Waals surface area contributed by atoms with Gasteiger partial charge in [-0.1, -0.05) is 127 Å². The summed E-state index contributed by atoms with van der Waals surface area (Å²) in [5.74, 6) is 2.53. The smallest absolute Gasteiger partial charge is 0.227 e. The molecule has 0 aliphatic carbocycles. The van der Waals surface area contributed by atoms with Gasteiger partial charge in [0.2, 0.25) is 5.89 Å². The number of thiophene rings is 1. The Morgan fingerprint density at radius 3 is 1.65 bits per heavy atom. The summed E-state index contributed by atoms with van der Waals surface area (Å²) in [7, 11) is 0. The van der Waals surface area contributed by atoms with Crippen LogP contribution < -0.4 is 0 Å². The van der Waals surface area contributed by atoms with Gasteiger partial charge in [-0.05, 0) is 69.8 Å². The minimum atomic E-state index is 0.625. The second-order valence-corrected chi connectivity index (χ2v) is 14.5. The van der Waals surface area contributed by atoms with Crippen LogP contribution in [0.1, 0.15) is 0 Å². The topological polar surface area (TPSA) is 64.7 Å². The molecular weight excluding hydrogens is 681 g/mol. The van der Waals surface area contributed by atoms with Gasteiger partial charge in [0.1, 0.15) is 5.52 Å². The lowest BCUT2D eigenvalue weighted by atomic mass is 10.00. The Morgan fingerprint density at radius 1 is 0.370 bits per heavy atom. The molecule has 8 aromatic carbocycles. The molecule has 0 radical (unpaired) electrons. The highest BCUT2D eigenvalue weighted by molar-refractivity contribution is 7.26. The molecule has 0 unspecified atom stereocenters. The molecule has 0 atom stereocenters. The Morgan fingerprint density at radius 2 is 0.926 bits per heavy atom. The van der Waals surface area contributed by atoms with Gasteiger partial charge in [-0.3, -0.25) is 0 Å².